The Morgan fingerprint density at radius 2 is 1.63 bits per heavy atom. The normalized spacial score (nSPS) is 11.4. The van der Waals surface area contributed by atoms with Crippen molar-refractivity contribution in [2.24, 2.45) is 0 Å². The number of carbonyl (C=O) groups excluding carboxylic acids is 1. The van der Waals surface area contributed by atoms with Crippen molar-refractivity contribution >= 4 is 5.97 Å². The number of halogens is 1. The van der Waals surface area contributed by atoms with Crippen molar-refractivity contribution in [1.29, 1.82) is 0 Å². The second kappa shape index (κ2) is 7.39. The van der Waals surface area contributed by atoms with Gasteiger partial charge in [-0.05, 0) is 24.6 Å². The van der Waals surface area contributed by atoms with E-state index in [4.69, 9.17) is 9.15 Å². The fourth-order valence-electron chi connectivity index (χ4n) is 3.04. The Kier molecular flexibility index (Phi) is 5.17. The summed E-state index contributed by atoms with van der Waals surface area (Å²) in [6.45, 7) is 7.98. The average molecular weight is 366 g/mol. The van der Waals surface area contributed by atoms with Crippen LogP contribution in [0.3, 0.4) is 0 Å². The first-order valence-corrected chi connectivity index (χ1v) is 8.98. The third-order valence-electron chi connectivity index (χ3n) is 4.24. The molecule has 0 amide bonds. The van der Waals surface area contributed by atoms with Crippen LogP contribution in [0.5, 0.6) is 0 Å². The third-order valence-corrected chi connectivity index (χ3v) is 4.24. The zero-order chi connectivity index (χ0) is 19.6. The topological polar surface area (TPSA) is 39.4 Å². The number of hydrogen-bond acceptors (Lipinski definition) is 3. The van der Waals surface area contributed by atoms with Crippen LogP contribution in [-0.2, 0) is 10.2 Å². The highest BCUT2D eigenvalue weighted by Gasteiger charge is 2.34. The van der Waals surface area contributed by atoms with E-state index in [2.05, 4.69) is 0 Å². The molecular weight excluding hydrogens is 343 g/mol. The summed E-state index contributed by atoms with van der Waals surface area (Å²) in [6.07, 6.45) is 0. The Morgan fingerprint density at radius 3 is 2.19 bits per heavy atom. The molecule has 3 rings (SSSR count). The fraction of sp³-hybridized carbons (Fsp3) is 0.261. The third kappa shape index (κ3) is 3.80. The van der Waals surface area contributed by atoms with Crippen LogP contribution in [0.2, 0.25) is 0 Å². The van der Waals surface area contributed by atoms with Gasteiger partial charge in [0.1, 0.15) is 22.9 Å². The van der Waals surface area contributed by atoms with Crippen LogP contribution in [0, 0.1) is 5.82 Å². The minimum Gasteiger partial charge on any atom is -0.462 e. The quantitative estimate of drug-likeness (QED) is 0.514. The molecule has 1 aromatic heterocycles. The lowest BCUT2D eigenvalue weighted by molar-refractivity contribution is 0.0522. The van der Waals surface area contributed by atoms with Gasteiger partial charge >= 0.3 is 5.97 Å². The van der Waals surface area contributed by atoms with Gasteiger partial charge in [0.15, 0.2) is 0 Å². The number of ether oxygens (including phenoxy) is 1. The summed E-state index contributed by atoms with van der Waals surface area (Å²) in [4.78, 5) is 12.9. The first-order chi connectivity index (χ1) is 12.8. The zero-order valence-electron chi connectivity index (χ0n) is 16.0. The van der Waals surface area contributed by atoms with Gasteiger partial charge in [0.2, 0.25) is 0 Å². The summed E-state index contributed by atoms with van der Waals surface area (Å²) < 4.78 is 25.1. The van der Waals surface area contributed by atoms with Crippen LogP contribution in [0.4, 0.5) is 4.39 Å². The zero-order valence-corrected chi connectivity index (χ0v) is 16.0. The summed E-state index contributed by atoms with van der Waals surface area (Å²) >= 11 is 0. The van der Waals surface area contributed by atoms with Crippen LogP contribution in [0.25, 0.3) is 22.5 Å². The monoisotopic (exact) mass is 366 g/mol. The van der Waals surface area contributed by atoms with Gasteiger partial charge in [-0.2, -0.15) is 0 Å². The van der Waals surface area contributed by atoms with Crippen molar-refractivity contribution in [2.45, 2.75) is 33.1 Å². The van der Waals surface area contributed by atoms with E-state index in [1.807, 2.05) is 51.1 Å². The van der Waals surface area contributed by atoms with E-state index in [1.165, 1.54) is 12.1 Å². The van der Waals surface area contributed by atoms with Crippen molar-refractivity contribution in [2.75, 3.05) is 6.61 Å². The van der Waals surface area contributed by atoms with E-state index in [0.717, 1.165) is 5.56 Å². The predicted octanol–water partition coefficient (Wildman–Crippen LogP) is 6.23. The molecule has 0 saturated carbocycles. The summed E-state index contributed by atoms with van der Waals surface area (Å²) in [6, 6.07) is 15.6. The summed E-state index contributed by atoms with van der Waals surface area (Å²) in [7, 11) is 0. The Hall–Kier alpha value is -2.88. The highest BCUT2D eigenvalue weighted by atomic mass is 19.1. The molecule has 3 nitrogen and oxygen atoms in total. The summed E-state index contributed by atoms with van der Waals surface area (Å²) in [5.41, 5.74) is 2.17. The van der Waals surface area contributed by atoms with E-state index in [-0.39, 0.29) is 12.4 Å². The Labute approximate surface area is 158 Å². The second-order valence-electron chi connectivity index (χ2n) is 7.35. The van der Waals surface area contributed by atoms with Gasteiger partial charge in [-0.1, -0.05) is 63.2 Å². The molecule has 0 bridgehead atoms. The predicted molar refractivity (Wildman–Crippen MR) is 104 cm³/mol. The van der Waals surface area contributed by atoms with Crippen LogP contribution in [0.1, 0.15) is 43.8 Å². The van der Waals surface area contributed by atoms with E-state index < -0.39 is 11.4 Å². The standard InChI is InChI=1S/C23H23FO3/c1-5-26-22(25)19-18(15-11-13-17(24)14-12-15)20(16-9-7-6-8-10-16)27-21(19)23(2,3)4/h6-14H,5H2,1-4H3. The van der Waals surface area contributed by atoms with E-state index in [9.17, 15) is 9.18 Å². The molecule has 4 heteroatoms. The molecule has 140 valence electrons. The number of rotatable bonds is 4. The molecular formula is C23H23FO3. The van der Waals surface area contributed by atoms with Crippen molar-refractivity contribution < 1.29 is 18.3 Å². The number of furan rings is 1. The molecule has 0 N–H and O–H groups in total. The maximum absolute atomic E-state index is 13.5. The molecule has 0 spiro atoms. The minimum absolute atomic E-state index is 0.261. The smallest absolute Gasteiger partial charge is 0.342 e. The first-order valence-electron chi connectivity index (χ1n) is 8.98. The number of carbonyl (C=O) groups is 1. The van der Waals surface area contributed by atoms with Crippen molar-refractivity contribution in [1.82, 2.24) is 0 Å². The second-order valence-corrected chi connectivity index (χ2v) is 7.35. The van der Waals surface area contributed by atoms with Gasteiger partial charge in [0.25, 0.3) is 0 Å². The molecule has 0 aliphatic heterocycles. The van der Waals surface area contributed by atoms with Gasteiger partial charge < -0.3 is 9.15 Å². The van der Waals surface area contributed by atoms with E-state index in [0.29, 0.717) is 28.2 Å². The summed E-state index contributed by atoms with van der Waals surface area (Å²) in [5, 5.41) is 0. The highest BCUT2D eigenvalue weighted by Crippen LogP contribution is 2.43. The van der Waals surface area contributed by atoms with Gasteiger partial charge in [-0.25, -0.2) is 9.18 Å². The lowest BCUT2D eigenvalue weighted by Gasteiger charge is -2.17. The molecule has 0 aliphatic carbocycles. The lowest BCUT2D eigenvalue weighted by atomic mass is 9.87. The van der Waals surface area contributed by atoms with Gasteiger partial charge in [0.05, 0.1) is 6.61 Å². The van der Waals surface area contributed by atoms with Gasteiger partial charge in [0, 0.05) is 16.5 Å². The van der Waals surface area contributed by atoms with Crippen molar-refractivity contribution in [3.63, 3.8) is 0 Å². The van der Waals surface area contributed by atoms with Gasteiger partial charge in [-0.15, -0.1) is 0 Å². The molecule has 0 atom stereocenters. The molecule has 27 heavy (non-hydrogen) atoms. The molecule has 0 saturated heterocycles. The Balaban J connectivity index is 2.36. The molecule has 0 fully saturated rings. The number of hydrogen-bond donors (Lipinski definition) is 0. The molecule has 0 aliphatic rings. The van der Waals surface area contributed by atoms with Gasteiger partial charge in [-0.3, -0.25) is 0 Å². The lowest BCUT2D eigenvalue weighted by Crippen LogP contribution is -2.17. The maximum Gasteiger partial charge on any atom is 0.342 e. The van der Waals surface area contributed by atoms with E-state index in [1.54, 1.807) is 19.1 Å². The first kappa shape index (κ1) is 18.9. The molecule has 3 aromatic rings. The molecule has 0 radical (unpaired) electrons. The highest BCUT2D eigenvalue weighted by molar-refractivity contribution is 6.02. The largest absolute Gasteiger partial charge is 0.462 e. The number of esters is 1. The van der Waals surface area contributed by atoms with Crippen LogP contribution >= 0.6 is 0 Å². The fourth-order valence-corrected chi connectivity index (χ4v) is 3.04. The van der Waals surface area contributed by atoms with Crippen molar-refractivity contribution in [3.8, 4) is 22.5 Å². The van der Waals surface area contributed by atoms with Crippen LogP contribution in [-0.4, -0.2) is 12.6 Å². The van der Waals surface area contributed by atoms with Crippen LogP contribution in [0.15, 0.2) is 59.0 Å². The minimum atomic E-state index is -0.437. The maximum atomic E-state index is 13.5. The average Bonchev–Trinajstić information content (AvgIpc) is 3.04. The SMILES string of the molecule is CCOC(=O)c1c(C(C)(C)C)oc(-c2ccccc2)c1-c1ccc(F)cc1. The van der Waals surface area contributed by atoms with Crippen LogP contribution < -0.4 is 0 Å². The Morgan fingerprint density at radius 1 is 1.00 bits per heavy atom. The molecule has 1 heterocycles. The Bertz CT molecular complexity index is 932. The molecule has 2 aromatic carbocycles. The van der Waals surface area contributed by atoms with E-state index >= 15 is 0 Å². The van der Waals surface area contributed by atoms with Crippen molar-refractivity contribution in [3.05, 3.63) is 71.7 Å². The number of benzene rings is 2. The summed E-state index contributed by atoms with van der Waals surface area (Å²) in [5.74, 6) is 0.360. The molecule has 0 unspecified atom stereocenters.